The van der Waals surface area contributed by atoms with Crippen molar-refractivity contribution < 1.29 is 14.6 Å². The van der Waals surface area contributed by atoms with Crippen molar-refractivity contribution in [2.45, 2.75) is 31.0 Å². The van der Waals surface area contributed by atoms with Gasteiger partial charge in [-0.05, 0) is 24.0 Å². The molecule has 0 bridgehead atoms. The number of hydrogen-bond acceptors (Lipinski definition) is 4. The molecule has 130 valence electrons. The molecule has 2 aromatic rings. The summed E-state index contributed by atoms with van der Waals surface area (Å²) >= 11 is 0. The van der Waals surface area contributed by atoms with Crippen LogP contribution in [0.2, 0.25) is 0 Å². The number of benzene rings is 2. The fourth-order valence-electron chi connectivity index (χ4n) is 2.96. The minimum absolute atomic E-state index is 0.114. The number of aliphatic imine (C=N–C) groups is 1. The number of nitrogens with one attached hydrogen (secondary N) is 1. The molecular formula is C20H22N2O3. The first-order valence-electron chi connectivity index (χ1n) is 8.45. The molecule has 25 heavy (non-hydrogen) atoms. The van der Waals surface area contributed by atoms with Crippen molar-refractivity contribution in [1.29, 1.82) is 0 Å². The average Bonchev–Trinajstić information content (AvgIpc) is 3.16. The fraction of sp³-hybridized carbons (Fsp3) is 0.300. The standard InChI is InChI=1S/C20H22N2O3/c23-14-21-17(12-11-15-7-3-1-4-8-15)19(24)20-22-18(13-25-20)16-9-5-2-6-10-16/h1-10,14,17-19,24H,11-13H2,(H,21,23). The molecule has 0 aromatic heterocycles. The molecule has 0 spiro atoms. The van der Waals surface area contributed by atoms with Crippen molar-refractivity contribution in [3.8, 4) is 0 Å². The van der Waals surface area contributed by atoms with Crippen molar-refractivity contribution in [2.24, 2.45) is 4.99 Å². The van der Waals surface area contributed by atoms with Crippen LogP contribution in [0.3, 0.4) is 0 Å². The number of carbonyl (C=O) groups excluding carboxylic acids is 1. The Hall–Kier alpha value is -2.66. The third-order valence-electron chi connectivity index (χ3n) is 4.36. The van der Waals surface area contributed by atoms with Crippen molar-refractivity contribution in [2.75, 3.05) is 6.61 Å². The first-order chi connectivity index (χ1) is 12.3. The van der Waals surface area contributed by atoms with E-state index < -0.39 is 12.1 Å². The first-order valence-corrected chi connectivity index (χ1v) is 8.45. The van der Waals surface area contributed by atoms with Gasteiger partial charge in [0.1, 0.15) is 18.8 Å². The number of hydrogen-bond donors (Lipinski definition) is 2. The summed E-state index contributed by atoms with van der Waals surface area (Å²) in [6.45, 7) is 0.406. The monoisotopic (exact) mass is 338 g/mol. The molecule has 1 aliphatic heterocycles. The number of rotatable bonds is 8. The molecule has 0 fully saturated rings. The molecule has 0 aliphatic carbocycles. The van der Waals surface area contributed by atoms with Gasteiger partial charge in [-0.1, -0.05) is 60.7 Å². The van der Waals surface area contributed by atoms with E-state index in [1.165, 1.54) is 0 Å². The van der Waals surface area contributed by atoms with Crippen molar-refractivity contribution in [3.05, 3.63) is 71.8 Å². The summed E-state index contributed by atoms with van der Waals surface area (Å²) in [4.78, 5) is 15.4. The number of aliphatic hydroxyl groups excluding tert-OH is 1. The van der Waals surface area contributed by atoms with Gasteiger partial charge in [-0.25, -0.2) is 4.99 Å². The second kappa shape index (κ2) is 8.44. The minimum atomic E-state index is -0.956. The third kappa shape index (κ3) is 4.45. The van der Waals surface area contributed by atoms with Crippen molar-refractivity contribution >= 4 is 12.3 Å². The summed E-state index contributed by atoms with van der Waals surface area (Å²) in [6, 6.07) is 19.3. The Bertz CT molecular complexity index is 703. The van der Waals surface area contributed by atoms with Crippen LogP contribution >= 0.6 is 0 Å². The van der Waals surface area contributed by atoms with Crippen LogP contribution in [0.4, 0.5) is 0 Å². The molecular weight excluding hydrogens is 316 g/mol. The van der Waals surface area contributed by atoms with Gasteiger partial charge in [0.2, 0.25) is 12.3 Å². The smallest absolute Gasteiger partial charge is 0.216 e. The molecule has 0 saturated heterocycles. The Balaban J connectivity index is 1.65. The number of ether oxygens (including phenoxy) is 1. The van der Waals surface area contributed by atoms with Gasteiger partial charge >= 0.3 is 0 Å². The van der Waals surface area contributed by atoms with Gasteiger partial charge in [-0.3, -0.25) is 4.79 Å². The van der Waals surface area contributed by atoms with Crippen LogP contribution in [0, 0.1) is 0 Å². The zero-order valence-electron chi connectivity index (χ0n) is 13.9. The lowest BCUT2D eigenvalue weighted by atomic mass is 10.0. The molecule has 2 aromatic carbocycles. The maximum Gasteiger partial charge on any atom is 0.216 e. The van der Waals surface area contributed by atoms with Crippen LogP contribution in [-0.4, -0.2) is 36.2 Å². The van der Waals surface area contributed by atoms with E-state index in [-0.39, 0.29) is 6.04 Å². The molecule has 2 N–H and O–H groups in total. The predicted molar refractivity (Wildman–Crippen MR) is 96.3 cm³/mol. The van der Waals surface area contributed by atoms with Gasteiger partial charge in [-0.2, -0.15) is 0 Å². The third-order valence-corrected chi connectivity index (χ3v) is 4.36. The summed E-state index contributed by atoms with van der Waals surface area (Å²) in [5, 5.41) is 13.3. The summed E-state index contributed by atoms with van der Waals surface area (Å²) < 4.78 is 5.61. The van der Waals surface area contributed by atoms with E-state index in [0.29, 0.717) is 25.3 Å². The number of aliphatic hydroxyl groups is 1. The zero-order valence-corrected chi connectivity index (χ0v) is 13.9. The zero-order chi connectivity index (χ0) is 17.5. The number of carbonyl (C=O) groups is 1. The van der Waals surface area contributed by atoms with Gasteiger partial charge in [0.05, 0.1) is 6.04 Å². The Morgan fingerprint density at radius 2 is 1.84 bits per heavy atom. The Morgan fingerprint density at radius 3 is 2.52 bits per heavy atom. The van der Waals surface area contributed by atoms with Crippen molar-refractivity contribution in [1.82, 2.24) is 5.32 Å². The lowest BCUT2D eigenvalue weighted by Crippen LogP contribution is -2.44. The average molecular weight is 338 g/mol. The molecule has 5 nitrogen and oxygen atoms in total. The highest BCUT2D eigenvalue weighted by Crippen LogP contribution is 2.24. The summed E-state index contributed by atoms with van der Waals surface area (Å²) in [5.74, 6) is 0.293. The maximum absolute atomic E-state index is 10.9. The molecule has 3 atom stereocenters. The van der Waals surface area contributed by atoms with Crippen LogP contribution in [-0.2, 0) is 16.0 Å². The Morgan fingerprint density at radius 1 is 1.16 bits per heavy atom. The van der Waals surface area contributed by atoms with Crippen LogP contribution in [0.25, 0.3) is 0 Å². The highest BCUT2D eigenvalue weighted by molar-refractivity contribution is 5.83. The largest absolute Gasteiger partial charge is 0.476 e. The molecule has 1 aliphatic rings. The predicted octanol–water partition coefficient (Wildman–Crippen LogP) is 2.26. The highest BCUT2D eigenvalue weighted by Gasteiger charge is 2.30. The molecule has 0 radical (unpaired) electrons. The highest BCUT2D eigenvalue weighted by atomic mass is 16.5. The summed E-state index contributed by atoms with van der Waals surface area (Å²) in [5.41, 5.74) is 2.21. The van der Waals surface area contributed by atoms with Gasteiger partial charge in [-0.15, -0.1) is 0 Å². The normalized spacial score (nSPS) is 18.8. The fourth-order valence-corrected chi connectivity index (χ4v) is 2.96. The second-order valence-corrected chi connectivity index (χ2v) is 6.06. The van der Waals surface area contributed by atoms with E-state index in [2.05, 4.69) is 10.3 Å². The van der Waals surface area contributed by atoms with Crippen LogP contribution in [0.1, 0.15) is 23.6 Å². The Kier molecular flexibility index (Phi) is 5.80. The van der Waals surface area contributed by atoms with Crippen LogP contribution in [0.15, 0.2) is 65.7 Å². The first kappa shape index (κ1) is 17.2. The van der Waals surface area contributed by atoms with Crippen molar-refractivity contribution in [3.63, 3.8) is 0 Å². The quantitative estimate of drug-likeness (QED) is 0.725. The molecule has 3 unspecified atom stereocenters. The number of aryl methyl sites for hydroxylation is 1. The van der Waals surface area contributed by atoms with E-state index in [0.717, 1.165) is 17.5 Å². The number of nitrogens with zero attached hydrogens (tertiary/aromatic N) is 1. The summed E-state index contributed by atoms with van der Waals surface area (Å²) in [7, 11) is 0. The molecule has 1 amide bonds. The van der Waals surface area contributed by atoms with E-state index in [1.807, 2.05) is 60.7 Å². The van der Waals surface area contributed by atoms with E-state index >= 15 is 0 Å². The van der Waals surface area contributed by atoms with Gasteiger partial charge in [0.15, 0.2) is 0 Å². The summed E-state index contributed by atoms with van der Waals surface area (Å²) in [6.07, 6.45) is 1.01. The number of amides is 1. The molecule has 3 rings (SSSR count). The SMILES string of the molecule is O=CNC(CCc1ccccc1)C(O)C1=NC(c2ccccc2)CO1. The lowest BCUT2D eigenvalue weighted by molar-refractivity contribution is -0.110. The topological polar surface area (TPSA) is 70.9 Å². The van der Waals surface area contributed by atoms with E-state index in [9.17, 15) is 9.90 Å². The Labute approximate surface area is 147 Å². The van der Waals surface area contributed by atoms with E-state index in [1.54, 1.807) is 0 Å². The van der Waals surface area contributed by atoms with Crippen LogP contribution in [0.5, 0.6) is 0 Å². The molecule has 1 heterocycles. The second-order valence-electron chi connectivity index (χ2n) is 6.06. The van der Waals surface area contributed by atoms with Gasteiger partial charge in [0.25, 0.3) is 0 Å². The molecule has 5 heteroatoms. The van der Waals surface area contributed by atoms with Gasteiger partial charge in [0, 0.05) is 0 Å². The van der Waals surface area contributed by atoms with Crippen LogP contribution < -0.4 is 5.32 Å². The molecule has 0 saturated carbocycles. The lowest BCUT2D eigenvalue weighted by Gasteiger charge is -2.21. The maximum atomic E-state index is 10.9. The van der Waals surface area contributed by atoms with Gasteiger partial charge < -0.3 is 15.2 Å². The minimum Gasteiger partial charge on any atom is -0.476 e. The van der Waals surface area contributed by atoms with E-state index in [4.69, 9.17) is 4.74 Å².